The smallest absolute Gasteiger partial charge is 0.292 e. The Hall–Kier alpha value is -1.73. The zero-order chi connectivity index (χ0) is 16.6. The standard InChI is InChI=1S/C16H18BrN3O3/c17-11-2-1-3-12(8-11)20-14(21)9-13(16(20)23)19-6-4-10(5-7-19)15(18)22/h1-3,8,10,13H,4-7,9H2,(H2,18,22)/p+1. The third-order valence-corrected chi connectivity index (χ3v) is 5.23. The number of carbonyl (C=O) groups excluding carboxylic acids is 3. The second-order valence-corrected chi connectivity index (χ2v) is 7.05. The molecule has 2 saturated heterocycles. The first kappa shape index (κ1) is 16.1. The number of hydrogen-bond acceptors (Lipinski definition) is 3. The van der Waals surface area contributed by atoms with Crippen molar-refractivity contribution in [1.82, 2.24) is 0 Å². The van der Waals surface area contributed by atoms with Crippen molar-refractivity contribution in [2.24, 2.45) is 11.7 Å². The molecule has 1 aromatic rings. The lowest BCUT2D eigenvalue weighted by atomic mass is 9.95. The molecule has 0 saturated carbocycles. The summed E-state index contributed by atoms with van der Waals surface area (Å²) in [6, 6.07) is 6.84. The van der Waals surface area contributed by atoms with Crippen LogP contribution in [0.2, 0.25) is 0 Å². The molecule has 122 valence electrons. The third kappa shape index (κ3) is 3.16. The van der Waals surface area contributed by atoms with E-state index < -0.39 is 0 Å². The first-order valence-electron chi connectivity index (χ1n) is 7.73. The Labute approximate surface area is 142 Å². The predicted molar refractivity (Wildman–Crippen MR) is 87.7 cm³/mol. The number of nitrogens with two attached hydrogens (primary N) is 1. The second-order valence-electron chi connectivity index (χ2n) is 6.14. The molecule has 3 rings (SSSR count). The number of benzene rings is 1. The fourth-order valence-corrected chi connectivity index (χ4v) is 3.85. The van der Waals surface area contributed by atoms with E-state index in [1.54, 1.807) is 18.2 Å². The monoisotopic (exact) mass is 380 g/mol. The van der Waals surface area contributed by atoms with Crippen LogP contribution >= 0.6 is 15.9 Å². The molecule has 2 aliphatic heterocycles. The summed E-state index contributed by atoms with van der Waals surface area (Å²) in [5.74, 6) is -0.691. The zero-order valence-electron chi connectivity index (χ0n) is 12.6. The number of halogens is 1. The van der Waals surface area contributed by atoms with Gasteiger partial charge < -0.3 is 10.6 Å². The van der Waals surface area contributed by atoms with Crippen LogP contribution in [0.4, 0.5) is 5.69 Å². The number of piperidine rings is 1. The topological polar surface area (TPSA) is 84.9 Å². The van der Waals surface area contributed by atoms with E-state index in [9.17, 15) is 14.4 Å². The number of imide groups is 1. The highest BCUT2D eigenvalue weighted by Crippen LogP contribution is 2.25. The van der Waals surface area contributed by atoms with Crippen molar-refractivity contribution in [3.63, 3.8) is 0 Å². The molecule has 2 heterocycles. The Bertz CT molecular complexity index is 656. The molecule has 3 amide bonds. The van der Waals surface area contributed by atoms with Crippen molar-refractivity contribution >= 4 is 39.3 Å². The summed E-state index contributed by atoms with van der Waals surface area (Å²) in [6.45, 7) is 1.40. The number of carbonyl (C=O) groups is 3. The van der Waals surface area contributed by atoms with E-state index in [0.29, 0.717) is 31.6 Å². The van der Waals surface area contributed by atoms with Gasteiger partial charge in [-0.2, -0.15) is 0 Å². The van der Waals surface area contributed by atoms with Crippen LogP contribution in [0.15, 0.2) is 28.7 Å². The predicted octanol–water partition coefficient (Wildman–Crippen LogP) is -0.139. The minimum absolute atomic E-state index is 0.105. The molecule has 1 atom stereocenters. The van der Waals surface area contributed by atoms with Crippen molar-refractivity contribution in [2.75, 3.05) is 18.0 Å². The van der Waals surface area contributed by atoms with E-state index in [0.717, 1.165) is 9.37 Å². The Kier molecular flexibility index (Phi) is 4.50. The fraction of sp³-hybridized carbons (Fsp3) is 0.438. The molecule has 2 aliphatic rings. The van der Waals surface area contributed by atoms with Crippen molar-refractivity contribution < 1.29 is 19.3 Å². The first-order valence-corrected chi connectivity index (χ1v) is 8.53. The Balaban J connectivity index is 1.73. The number of primary amides is 1. The SMILES string of the molecule is NC(=O)C1CC[NH+](C2CC(=O)N(c3cccc(Br)c3)C2=O)CC1. The summed E-state index contributed by atoms with van der Waals surface area (Å²) < 4.78 is 0.827. The van der Waals surface area contributed by atoms with Gasteiger partial charge in [-0.15, -0.1) is 0 Å². The fourth-order valence-electron chi connectivity index (χ4n) is 3.46. The Morgan fingerprint density at radius 3 is 2.57 bits per heavy atom. The van der Waals surface area contributed by atoms with E-state index in [1.807, 2.05) is 6.07 Å². The van der Waals surface area contributed by atoms with E-state index >= 15 is 0 Å². The van der Waals surface area contributed by atoms with Gasteiger partial charge in [0.05, 0.1) is 25.2 Å². The lowest BCUT2D eigenvalue weighted by Crippen LogP contribution is -3.17. The Morgan fingerprint density at radius 1 is 1.26 bits per heavy atom. The van der Waals surface area contributed by atoms with Crippen LogP contribution in [0.1, 0.15) is 19.3 Å². The van der Waals surface area contributed by atoms with Crippen molar-refractivity contribution in [3.8, 4) is 0 Å². The number of quaternary nitrogens is 1. The molecule has 7 heteroatoms. The highest BCUT2D eigenvalue weighted by atomic mass is 79.9. The van der Waals surface area contributed by atoms with Crippen LogP contribution in [-0.4, -0.2) is 36.9 Å². The minimum atomic E-state index is -0.352. The van der Waals surface area contributed by atoms with Gasteiger partial charge >= 0.3 is 0 Å². The van der Waals surface area contributed by atoms with Crippen LogP contribution in [0.3, 0.4) is 0 Å². The lowest BCUT2D eigenvalue weighted by molar-refractivity contribution is -0.920. The molecule has 6 nitrogen and oxygen atoms in total. The lowest BCUT2D eigenvalue weighted by Gasteiger charge is -2.30. The van der Waals surface area contributed by atoms with E-state index in [2.05, 4.69) is 15.9 Å². The zero-order valence-corrected chi connectivity index (χ0v) is 14.2. The summed E-state index contributed by atoms with van der Waals surface area (Å²) in [5.41, 5.74) is 5.95. The summed E-state index contributed by atoms with van der Waals surface area (Å²) in [4.78, 5) is 38.7. The van der Waals surface area contributed by atoms with E-state index in [4.69, 9.17) is 5.73 Å². The van der Waals surface area contributed by atoms with Gasteiger partial charge in [-0.05, 0) is 18.2 Å². The third-order valence-electron chi connectivity index (χ3n) is 4.74. The van der Waals surface area contributed by atoms with Crippen molar-refractivity contribution in [2.45, 2.75) is 25.3 Å². The molecule has 0 aromatic heterocycles. The van der Waals surface area contributed by atoms with Crippen LogP contribution in [0, 0.1) is 5.92 Å². The van der Waals surface area contributed by atoms with Crippen LogP contribution < -0.4 is 15.5 Å². The average Bonchev–Trinajstić information content (AvgIpc) is 2.82. The van der Waals surface area contributed by atoms with Gasteiger partial charge in [0.2, 0.25) is 11.8 Å². The number of rotatable bonds is 3. The number of likely N-dealkylation sites (tertiary alicyclic amines) is 1. The molecular formula is C16H19BrN3O3+. The van der Waals surface area contributed by atoms with Crippen LogP contribution in [0.5, 0.6) is 0 Å². The largest absolute Gasteiger partial charge is 0.369 e. The number of anilines is 1. The first-order chi connectivity index (χ1) is 11.0. The maximum atomic E-state index is 12.7. The molecular weight excluding hydrogens is 362 g/mol. The highest BCUT2D eigenvalue weighted by molar-refractivity contribution is 9.10. The molecule has 1 aromatic carbocycles. The molecule has 0 aliphatic carbocycles. The molecule has 0 spiro atoms. The molecule has 0 bridgehead atoms. The highest BCUT2D eigenvalue weighted by Gasteiger charge is 2.46. The molecule has 0 radical (unpaired) electrons. The quantitative estimate of drug-likeness (QED) is 0.715. The second kappa shape index (κ2) is 6.41. The van der Waals surface area contributed by atoms with Crippen LogP contribution in [-0.2, 0) is 14.4 Å². The van der Waals surface area contributed by atoms with Crippen molar-refractivity contribution in [3.05, 3.63) is 28.7 Å². The van der Waals surface area contributed by atoms with Gasteiger partial charge in [-0.25, -0.2) is 4.90 Å². The molecule has 23 heavy (non-hydrogen) atoms. The van der Waals surface area contributed by atoms with Gasteiger partial charge in [0.15, 0.2) is 6.04 Å². The maximum absolute atomic E-state index is 12.7. The number of nitrogens with zero attached hydrogens (tertiary/aromatic N) is 1. The number of hydrogen-bond donors (Lipinski definition) is 2. The summed E-state index contributed by atoms with van der Waals surface area (Å²) in [6.07, 6.45) is 1.58. The Morgan fingerprint density at radius 2 is 1.96 bits per heavy atom. The van der Waals surface area contributed by atoms with E-state index in [-0.39, 0.29) is 36.1 Å². The van der Waals surface area contributed by atoms with Gasteiger partial charge in [0, 0.05) is 23.2 Å². The van der Waals surface area contributed by atoms with Gasteiger partial charge in [0.1, 0.15) is 0 Å². The number of nitrogens with one attached hydrogen (secondary N) is 1. The molecule has 3 N–H and O–H groups in total. The molecule has 2 fully saturated rings. The number of amides is 3. The normalized spacial score (nSPS) is 28.2. The van der Waals surface area contributed by atoms with E-state index in [1.165, 1.54) is 4.90 Å². The molecule has 1 unspecified atom stereocenters. The van der Waals surface area contributed by atoms with Gasteiger partial charge in [-0.1, -0.05) is 22.0 Å². The summed E-state index contributed by atoms with van der Waals surface area (Å²) in [5, 5.41) is 0. The van der Waals surface area contributed by atoms with Crippen molar-refractivity contribution in [1.29, 1.82) is 0 Å². The van der Waals surface area contributed by atoms with Gasteiger partial charge in [-0.3, -0.25) is 14.4 Å². The van der Waals surface area contributed by atoms with Gasteiger partial charge in [0.25, 0.3) is 5.91 Å². The van der Waals surface area contributed by atoms with Crippen LogP contribution in [0.25, 0.3) is 0 Å². The average molecular weight is 381 g/mol. The summed E-state index contributed by atoms with van der Waals surface area (Å²) in [7, 11) is 0. The minimum Gasteiger partial charge on any atom is -0.369 e. The summed E-state index contributed by atoms with van der Waals surface area (Å²) >= 11 is 3.36. The maximum Gasteiger partial charge on any atom is 0.292 e.